The Labute approximate surface area is 185 Å². The minimum absolute atomic E-state index is 0.109. The largest absolute Gasteiger partial charge is 0.497 e. The van der Waals surface area contributed by atoms with Gasteiger partial charge in [-0.25, -0.2) is 22.7 Å². The Bertz CT molecular complexity index is 1290. The first-order valence-corrected chi connectivity index (χ1v) is 11.8. The van der Waals surface area contributed by atoms with E-state index >= 15 is 0 Å². The van der Waals surface area contributed by atoms with Gasteiger partial charge in [0.05, 0.1) is 23.0 Å². The van der Waals surface area contributed by atoms with Gasteiger partial charge in [0.25, 0.3) is 10.0 Å². The number of sulfonamides is 1. The molecule has 0 spiro atoms. The van der Waals surface area contributed by atoms with E-state index in [0.717, 1.165) is 5.56 Å². The Hall–Kier alpha value is -2.69. The van der Waals surface area contributed by atoms with Crippen LogP contribution in [0.5, 0.6) is 11.6 Å². The van der Waals surface area contributed by atoms with Gasteiger partial charge in [0.2, 0.25) is 5.88 Å². The number of halogens is 1. The fraction of sp³-hybridized carbons (Fsp3) is 0.100. The number of anilines is 1. The lowest BCUT2D eigenvalue weighted by Crippen LogP contribution is -2.30. The number of ether oxygens (including phenoxy) is 1. The quantitative estimate of drug-likeness (QED) is 0.412. The molecule has 0 aliphatic rings. The van der Waals surface area contributed by atoms with Crippen molar-refractivity contribution in [2.24, 2.45) is 0 Å². The summed E-state index contributed by atoms with van der Waals surface area (Å²) in [4.78, 5) is 8.21. The van der Waals surface area contributed by atoms with Crippen LogP contribution in [0.2, 0.25) is 0 Å². The molecule has 0 bridgehead atoms. The Morgan fingerprint density at radius 3 is 2.60 bits per heavy atom. The van der Waals surface area contributed by atoms with E-state index in [1.807, 2.05) is 12.1 Å². The molecule has 0 fully saturated rings. The molecule has 30 heavy (non-hydrogen) atoms. The Morgan fingerprint density at radius 1 is 1.17 bits per heavy atom. The van der Waals surface area contributed by atoms with E-state index < -0.39 is 10.0 Å². The molecule has 2 aromatic carbocycles. The summed E-state index contributed by atoms with van der Waals surface area (Å²) < 4.78 is 33.9. The monoisotopic (exact) mass is 505 g/mol. The van der Waals surface area contributed by atoms with E-state index in [-0.39, 0.29) is 17.3 Å². The SMILES string of the molecule is COc1ccc(CN(c2nccs2)S(=O)(=O)c2ccc3c(Br)c(O)ncc3c2)cc1. The number of thiazole rings is 1. The van der Waals surface area contributed by atoms with Crippen LogP contribution in [0.1, 0.15) is 5.56 Å². The number of aromatic hydroxyl groups is 1. The van der Waals surface area contributed by atoms with Gasteiger partial charge in [0.15, 0.2) is 5.13 Å². The van der Waals surface area contributed by atoms with Gasteiger partial charge in [-0.05, 0) is 45.8 Å². The molecule has 7 nitrogen and oxygen atoms in total. The Morgan fingerprint density at radius 2 is 1.93 bits per heavy atom. The lowest BCUT2D eigenvalue weighted by molar-refractivity contribution is 0.414. The van der Waals surface area contributed by atoms with Crippen molar-refractivity contribution < 1.29 is 18.3 Å². The maximum Gasteiger partial charge on any atom is 0.266 e. The van der Waals surface area contributed by atoms with Crippen LogP contribution in [0, 0.1) is 0 Å². The molecule has 0 atom stereocenters. The minimum Gasteiger partial charge on any atom is -0.497 e. The standard InChI is InChI=1S/C20H16BrN3O4S2/c1-28-15-4-2-13(3-5-15)12-24(20-22-8-9-29-20)30(26,27)16-6-7-17-14(10-16)11-23-19(25)18(17)21/h2-11H,12H2,1H3,(H,23,25). The Kier molecular flexibility index (Phi) is 5.63. The molecule has 0 saturated carbocycles. The van der Waals surface area contributed by atoms with Crippen LogP contribution >= 0.6 is 27.3 Å². The highest BCUT2D eigenvalue weighted by molar-refractivity contribution is 9.10. The second kappa shape index (κ2) is 8.21. The molecule has 1 N–H and O–H groups in total. The highest BCUT2D eigenvalue weighted by Crippen LogP contribution is 2.33. The van der Waals surface area contributed by atoms with Gasteiger partial charge >= 0.3 is 0 Å². The molecule has 0 aliphatic carbocycles. The first-order valence-electron chi connectivity index (χ1n) is 8.72. The number of methoxy groups -OCH3 is 1. The second-order valence-electron chi connectivity index (χ2n) is 6.32. The maximum atomic E-state index is 13.5. The number of benzene rings is 2. The van der Waals surface area contributed by atoms with Gasteiger partial charge in [-0.1, -0.05) is 18.2 Å². The van der Waals surface area contributed by atoms with Gasteiger partial charge in [-0.2, -0.15) is 0 Å². The van der Waals surface area contributed by atoms with E-state index in [1.54, 1.807) is 36.9 Å². The van der Waals surface area contributed by atoms with Gasteiger partial charge in [0.1, 0.15) is 5.75 Å². The average molecular weight is 506 g/mol. The van der Waals surface area contributed by atoms with E-state index in [9.17, 15) is 13.5 Å². The van der Waals surface area contributed by atoms with Crippen molar-refractivity contribution in [1.82, 2.24) is 9.97 Å². The number of pyridine rings is 1. The lowest BCUT2D eigenvalue weighted by Gasteiger charge is -2.22. The number of hydrogen-bond acceptors (Lipinski definition) is 7. The predicted molar refractivity (Wildman–Crippen MR) is 120 cm³/mol. The maximum absolute atomic E-state index is 13.5. The zero-order valence-electron chi connectivity index (χ0n) is 15.7. The first kappa shape index (κ1) is 20.6. The highest BCUT2D eigenvalue weighted by atomic mass is 79.9. The van der Waals surface area contributed by atoms with Crippen LogP contribution < -0.4 is 9.04 Å². The summed E-state index contributed by atoms with van der Waals surface area (Å²) in [5.41, 5.74) is 0.796. The molecular formula is C20H16BrN3O4S2. The summed E-state index contributed by atoms with van der Waals surface area (Å²) >= 11 is 4.53. The van der Waals surface area contributed by atoms with Crippen LogP contribution in [0.15, 0.2) is 69.6 Å². The van der Waals surface area contributed by atoms with E-state index in [2.05, 4.69) is 25.9 Å². The van der Waals surface area contributed by atoms with Crippen molar-refractivity contribution in [3.63, 3.8) is 0 Å². The third kappa shape index (κ3) is 3.85. The van der Waals surface area contributed by atoms with E-state index in [0.29, 0.717) is 26.1 Å². The number of rotatable bonds is 6. The molecule has 2 aromatic heterocycles. The first-order chi connectivity index (χ1) is 14.4. The summed E-state index contributed by atoms with van der Waals surface area (Å²) in [6.45, 7) is 0.120. The van der Waals surface area contributed by atoms with E-state index in [1.165, 1.54) is 34.0 Å². The van der Waals surface area contributed by atoms with Crippen molar-refractivity contribution in [2.45, 2.75) is 11.4 Å². The van der Waals surface area contributed by atoms with Crippen molar-refractivity contribution in [3.8, 4) is 11.6 Å². The van der Waals surface area contributed by atoms with Crippen molar-refractivity contribution in [2.75, 3.05) is 11.4 Å². The van der Waals surface area contributed by atoms with Crippen molar-refractivity contribution in [3.05, 3.63) is 70.3 Å². The van der Waals surface area contributed by atoms with Crippen LogP contribution in [0.3, 0.4) is 0 Å². The highest BCUT2D eigenvalue weighted by Gasteiger charge is 2.27. The summed E-state index contributed by atoms with van der Waals surface area (Å²) in [6, 6.07) is 11.9. The molecule has 0 radical (unpaired) electrons. The molecule has 0 saturated heterocycles. The molecule has 2 heterocycles. The van der Waals surface area contributed by atoms with Crippen LogP contribution in [-0.2, 0) is 16.6 Å². The number of fused-ring (bicyclic) bond motifs is 1. The summed E-state index contributed by atoms with van der Waals surface area (Å²) in [5, 5.41) is 13.1. The molecule has 4 rings (SSSR count). The number of aromatic nitrogens is 2. The lowest BCUT2D eigenvalue weighted by atomic mass is 10.2. The van der Waals surface area contributed by atoms with Gasteiger partial charge < -0.3 is 9.84 Å². The zero-order valence-corrected chi connectivity index (χ0v) is 18.9. The third-order valence-electron chi connectivity index (χ3n) is 4.49. The summed E-state index contributed by atoms with van der Waals surface area (Å²) in [6.07, 6.45) is 3.01. The molecule has 10 heteroatoms. The molecule has 0 aliphatic heterocycles. The van der Waals surface area contributed by atoms with Crippen molar-refractivity contribution in [1.29, 1.82) is 0 Å². The minimum atomic E-state index is -3.91. The average Bonchev–Trinajstić information content (AvgIpc) is 3.29. The van der Waals surface area contributed by atoms with Gasteiger partial charge in [0, 0.05) is 28.5 Å². The van der Waals surface area contributed by atoms with E-state index in [4.69, 9.17) is 4.74 Å². The normalized spacial score (nSPS) is 11.5. The number of hydrogen-bond donors (Lipinski definition) is 1. The summed E-state index contributed by atoms with van der Waals surface area (Å²) in [5.74, 6) is 0.542. The fourth-order valence-corrected chi connectivity index (χ4v) is 5.71. The molecule has 0 amide bonds. The molecule has 0 unspecified atom stereocenters. The predicted octanol–water partition coefficient (Wildman–Crippen LogP) is 4.56. The fourth-order valence-electron chi connectivity index (χ4n) is 2.93. The van der Waals surface area contributed by atoms with Crippen LogP contribution in [0.25, 0.3) is 10.8 Å². The van der Waals surface area contributed by atoms with Crippen LogP contribution in [0.4, 0.5) is 5.13 Å². The molecular weight excluding hydrogens is 490 g/mol. The molecule has 154 valence electrons. The summed E-state index contributed by atoms with van der Waals surface area (Å²) in [7, 11) is -2.33. The second-order valence-corrected chi connectivity index (χ2v) is 9.85. The zero-order chi connectivity index (χ0) is 21.3. The number of nitrogens with zero attached hydrogens (tertiary/aromatic N) is 3. The third-order valence-corrected chi connectivity index (χ3v) is 7.91. The van der Waals surface area contributed by atoms with Gasteiger partial charge in [-0.3, -0.25) is 0 Å². The smallest absolute Gasteiger partial charge is 0.266 e. The topological polar surface area (TPSA) is 92.6 Å². The Balaban J connectivity index is 1.77. The van der Waals surface area contributed by atoms with Gasteiger partial charge in [-0.15, -0.1) is 11.3 Å². The van der Waals surface area contributed by atoms with Crippen molar-refractivity contribution >= 4 is 53.2 Å². The van der Waals surface area contributed by atoms with Crippen LogP contribution in [-0.4, -0.2) is 30.6 Å². The molecule has 4 aromatic rings.